The van der Waals surface area contributed by atoms with Crippen molar-refractivity contribution in [1.29, 1.82) is 0 Å². The summed E-state index contributed by atoms with van der Waals surface area (Å²) in [6, 6.07) is 23.8. The molecule has 1 N–H and O–H groups in total. The van der Waals surface area contributed by atoms with Crippen LogP contribution in [0.25, 0.3) is 22.0 Å². The Morgan fingerprint density at radius 2 is 1.77 bits per heavy atom. The monoisotopic (exact) mass is 416 g/mol. The summed E-state index contributed by atoms with van der Waals surface area (Å²) in [6.07, 6.45) is 0. The Morgan fingerprint density at radius 1 is 1.03 bits per heavy atom. The van der Waals surface area contributed by atoms with Crippen molar-refractivity contribution in [3.05, 3.63) is 99.6 Å². The fraction of sp³-hybridized carbons (Fsp3) is 0.0435. The number of rotatable bonds is 5. The minimum Gasteiger partial charge on any atom is -0.261 e. The number of pyridine rings is 1. The van der Waals surface area contributed by atoms with Crippen LogP contribution in [0.15, 0.2) is 84.0 Å². The third-order valence-electron chi connectivity index (χ3n) is 4.69. The first-order valence-corrected chi connectivity index (χ1v) is 9.60. The molecular formula is C23H17ClN4O2. The quantitative estimate of drug-likeness (QED) is 0.235. The summed E-state index contributed by atoms with van der Waals surface area (Å²) < 4.78 is 0. The van der Waals surface area contributed by atoms with Gasteiger partial charge in [0.15, 0.2) is 0 Å². The minimum atomic E-state index is -0.426. The molecule has 4 aromatic rings. The topological polar surface area (TPSA) is 80.4 Å². The third-order valence-corrected chi connectivity index (χ3v) is 4.92. The van der Waals surface area contributed by atoms with E-state index in [0.29, 0.717) is 16.6 Å². The number of nitrogens with zero attached hydrogens (tertiary/aromatic N) is 3. The number of benzene rings is 3. The molecule has 0 unspecified atom stereocenters. The molecule has 3 aromatic carbocycles. The molecule has 6 nitrogen and oxygen atoms in total. The second-order valence-electron chi connectivity index (χ2n) is 6.70. The highest BCUT2D eigenvalue weighted by Crippen LogP contribution is 2.32. The molecule has 0 atom stereocenters. The number of hydrogen-bond acceptors (Lipinski definition) is 5. The molecule has 0 amide bonds. The van der Waals surface area contributed by atoms with Crippen molar-refractivity contribution in [3.63, 3.8) is 0 Å². The number of halogens is 1. The lowest BCUT2D eigenvalue weighted by Crippen LogP contribution is -2.01. The molecule has 148 valence electrons. The van der Waals surface area contributed by atoms with E-state index >= 15 is 0 Å². The molecule has 0 aliphatic heterocycles. The Kier molecular flexibility index (Phi) is 5.41. The highest BCUT2D eigenvalue weighted by molar-refractivity contribution is 6.31. The Morgan fingerprint density at radius 3 is 2.47 bits per heavy atom. The Balaban J connectivity index is 1.70. The minimum absolute atomic E-state index is 0.0434. The predicted octanol–water partition coefficient (Wildman–Crippen LogP) is 6.30. The molecule has 7 heteroatoms. The number of hydrogen-bond donors (Lipinski definition) is 1. The molecule has 0 aliphatic rings. The van der Waals surface area contributed by atoms with Gasteiger partial charge in [-0.25, -0.2) is 4.98 Å². The maximum Gasteiger partial charge on any atom is 0.269 e. The molecule has 1 aromatic heterocycles. The van der Waals surface area contributed by atoms with Gasteiger partial charge in [-0.15, -0.1) is 0 Å². The molecule has 1 heterocycles. The molecule has 0 saturated heterocycles. The van der Waals surface area contributed by atoms with Crippen LogP contribution in [-0.2, 0) is 0 Å². The van der Waals surface area contributed by atoms with Gasteiger partial charge in [0, 0.05) is 22.5 Å². The summed E-state index contributed by atoms with van der Waals surface area (Å²) in [5.74, 6) is 0.588. The summed E-state index contributed by atoms with van der Waals surface area (Å²) in [4.78, 5) is 15.0. The van der Waals surface area contributed by atoms with Crippen molar-refractivity contribution in [1.82, 2.24) is 4.98 Å². The van der Waals surface area contributed by atoms with Gasteiger partial charge in [-0.1, -0.05) is 41.9 Å². The van der Waals surface area contributed by atoms with E-state index in [9.17, 15) is 10.1 Å². The largest absolute Gasteiger partial charge is 0.269 e. The first-order chi connectivity index (χ1) is 14.5. The van der Waals surface area contributed by atoms with Crippen LogP contribution in [0.5, 0.6) is 0 Å². The van der Waals surface area contributed by atoms with E-state index < -0.39 is 4.92 Å². The molecule has 4 rings (SSSR count). The van der Waals surface area contributed by atoms with E-state index in [2.05, 4.69) is 15.5 Å². The van der Waals surface area contributed by atoms with Crippen molar-refractivity contribution in [3.8, 4) is 11.1 Å². The number of fused-ring (bicyclic) bond motifs is 1. The molecule has 0 bridgehead atoms. The third kappa shape index (κ3) is 4.14. The van der Waals surface area contributed by atoms with Crippen LogP contribution in [0.4, 0.5) is 11.5 Å². The van der Waals surface area contributed by atoms with E-state index in [-0.39, 0.29) is 5.69 Å². The van der Waals surface area contributed by atoms with Crippen molar-refractivity contribution in [2.45, 2.75) is 6.92 Å². The van der Waals surface area contributed by atoms with Crippen molar-refractivity contribution in [2.75, 3.05) is 5.43 Å². The van der Waals surface area contributed by atoms with Crippen LogP contribution in [0.2, 0.25) is 5.02 Å². The van der Waals surface area contributed by atoms with E-state index in [1.807, 2.05) is 55.5 Å². The van der Waals surface area contributed by atoms with Crippen molar-refractivity contribution < 1.29 is 4.92 Å². The molecule has 0 radical (unpaired) electrons. The normalized spacial score (nSPS) is 11.5. The van der Waals surface area contributed by atoms with Gasteiger partial charge in [-0.05, 0) is 60.0 Å². The highest BCUT2D eigenvalue weighted by atomic mass is 35.5. The van der Waals surface area contributed by atoms with Crippen molar-refractivity contribution in [2.24, 2.45) is 5.10 Å². The summed E-state index contributed by atoms with van der Waals surface area (Å²) in [6.45, 7) is 1.83. The first kappa shape index (κ1) is 19.5. The SMILES string of the molecule is C/C(=N\Nc1cc(-c2ccccc2)c2cc(Cl)ccc2n1)c1ccc([N+](=O)[O-])cc1. The molecule has 30 heavy (non-hydrogen) atoms. The average molecular weight is 417 g/mol. The fourth-order valence-corrected chi connectivity index (χ4v) is 3.31. The lowest BCUT2D eigenvalue weighted by molar-refractivity contribution is -0.384. The number of non-ortho nitro benzene ring substituents is 1. The van der Waals surface area contributed by atoms with Gasteiger partial charge < -0.3 is 0 Å². The lowest BCUT2D eigenvalue weighted by Gasteiger charge is -2.11. The van der Waals surface area contributed by atoms with E-state index in [0.717, 1.165) is 27.6 Å². The van der Waals surface area contributed by atoms with Crippen LogP contribution < -0.4 is 5.43 Å². The number of hydrazone groups is 1. The average Bonchev–Trinajstić information content (AvgIpc) is 2.77. The summed E-state index contributed by atoms with van der Waals surface area (Å²) in [5, 5.41) is 16.8. The van der Waals surface area contributed by atoms with Gasteiger partial charge >= 0.3 is 0 Å². The molecule has 0 spiro atoms. The van der Waals surface area contributed by atoms with Gasteiger partial charge in [-0.3, -0.25) is 15.5 Å². The second kappa shape index (κ2) is 8.31. The number of nitro groups is 1. The zero-order valence-corrected chi connectivity index (χ0v) is 16.8. The van der Waals surface area contributed by atoms with Crippen LogP contribution >= 0.6 is 11.6 Å². The molecule has 0 saturated carbocycles. The summed E-state index contributed by atoms with van der Waals surface area (Å²) in [7, 11) is 0. The van der Waals surface area contributed by atoms with E-state index in [4.69, 9.17) is 11.6 Å². The Hall–Kier alpha value is -3.77. The number of aromatic nitrogens is 1. The van der Waals surface area contributed by atoms with E-state index in [1.54, 1.807) is 18.2 Å². The van der Waals surface area contributed by atoms with Gasteiger partial charge in [0.05, 0.1) is 16.2 Å². The smallest absolute Gasteiger partial charge is 0.261 e. The van der Waals surface area contributed by atoms with Crippen LogP contribution in [0.3, 0.4) is 0 Å². The summed E-state index contributed by atoms with van der Waals surface area (Å²) in [5.41, 5.74) is 7.36. The van der Waals surface area contributed by atoms with Gasteiger partial charge in [0.25, 0.3) is 5.69 Å². The van der Waals surface area contributed by atoms with E-state index in [1.165, 1.54) is 12.1 Å². The Labute approximate surface area is 178 Å². The molecule has 0 aliphatic carbocycles. The maximum absolute atomic E-state index is 10.8. The van der Waals surface area contributed by atoms with Crippen LogP contribution in [0.1, 0.15) is 12.5 Å². The van der Waals surface area contributed by atoms with Crippen molar-refractivity contribution >= 4 is 39.7 Å². The van der Waals surface area contributed by atoms with Gasteiger partial charge in [0.1, 0.15) is 5.82 Å². The maximum atomic E-state index is 10.8. The first-order valence-electron chi connectivity index (χ1n) is 9.22. The molecular weight excluding hydrogens is 400 g/mol. The zero-order valence-electron chi connectivity index (χ0n) is 16.0. The van der Waals surface area contributed by atoms with Crippen LogP contribution in [-0.4, -0.2) is 15.6 Å². The summed E-state index contributed by atoms with van der Waals surface area (Å²) >= 11 is 6.21. The van der Waals surface area contributed by atoms with Crippen LogP contribution in [0, 0.1) is 10.1 Å². The zero-order chi connectivity index (χ0) is 21.1. The second-order valence-corrected chi connectivity index (χ2v) is 7.13. The Bertz CT molecular complexity index is 1260. The lowest BCUT2D eigenvalue weighted by atomic mass is 10.0. The number of nitro benzene ring substituents is 1. The fourth-order valence-electron chi connectivity index (χ4n) is 3.14. The highest BCUT2D eigenvalue weighted by Gasteiger charge is 2.09. The van der Waals surface area contributed by atoms with Gasteiger partial charge in [-0.2, -0.15) is 5.10 Å². The predicted molar refractivity (Wildman–Crippen MR) is 121 cm³/mol. The molecule has 0 fully saturated rings. The van der Waals surface area contributed by atoms with Gasteiger partial charge in [0.2, 0.25) is 0 Å². The number of anilines is 1. The number of nitrogens with one attached hydrogen (secondary N) is 1. The standard InChI is InChI=1S/C23H17ClN4O2/c1-15(16-7-10-19(11-8-16)28(29)30)26-27-23-14-20(17-5-3-2-4-6-17)21-13-18(24)9-12-22(21)25-23/h2-14H,1H3,(H,25,27)/b26-15+.